The number of hydrogen-bond donors (Lipinski definition) is 1. The van der Waals surface area contributed by atoms with Crippen molar-refractivity contribution < 1.29 is 14.3 Å². The summed E-state index contributed by atoms with van der Waals surface area (Å²) >= 11 is 0. The van der Waals surface area contributed by atoms with Gasteiger partial charge in [-0.1, -0.05) is 30.3 Å². The molecule has 0 aromatic heterocycles. The van der Waals surface area contributed by atoms with Crippen LogP contribution in [-0.4, -0.2) is 43.0 Å². The maximum atomic E-state index is 12.1. The summed E-state index contributed by atoms with van der Waals surface area (Å²) in [7, 11) is 1.60. The van der Waals surface area contributed by atoms with E-state index in [-0.39, 0.29) is 18.2 Å². The van der Waals surface area contributed by atoms with Gasteiger partial charge in [-0.05, 0) is 5.56 Å². The van der Waals surface area contributed by atoms with Crippen molar-refractivity contribution in [1.29, 1.82) is 0 Å². The Hall–Kier alpha value is -1.72. The van der Waals surface area contributed by atoms with Crippen LogP contribution in [0.25, 0.3) is 0 Å². The molecule has 1 fully saturated rings. The second-order valence-electron chi connectivity index (χ2n) is 4.51. The maximum Gasteiger partial charge on any atom is 0.247 e. The van der Waals surface area contributed by atoms with Gasteiger partial charge in [0.25, 0.3) is 0 Å². The zero-order valence-corrected chi connectivity index (χ0v) is 11.0. The summed E-state index contributed by atoms with van der Waals surface area (Å²) in [5, 5.41) is 3.04. The lowest BCUT2D eigenvalue weighted by Gasteiger charge is -2.15. The number of hydrogen-bond acceptors (Lipinski definition) is 4. The van der Waals surface area contributed by atoms with Crippen LogP contribution in [0.4, 0.5) is 0 Å². The molecule has 2 amide bonds. The fraction of sp³-hybridized carbons (Fsp3) is 0.429. The molecule has 1 saturated heterocycles. The van der Waals surface area contributed by atoms with E-state index in [1.54, 1.807) is 7.11 Å². The van der Waals surface area contributed by atoms with E-state index in [2.05, 4.69) is 5.32 Å². The van der Waals surface area contributed by atoms with E-state index in [4.69, 9.17) is 4.74 Å². The Morgan fingerprint density at radius 2 is 2.05 bits per heavy atom. The number of rotatable bonds is 6. The van der Waals surface area contributed by atoms with Gasteiger partial charge in [0.15, 0.2) is 0 Å². The molecule has 5 heteroatoms. The molecule has 5 nitrogen and oxygen atoms in total. The summed E-state index contributed by atoms with van der Waals surface area (Å²) in [6.45, 7) is 1.44. The molecule has 0 saturated carbocycles. The zero-order chi connectivity index (χ0) is 13.7. The second-order valence-corrected chi connectivity index (χ2v) is 4.51. The first-order valence-electron chi connectivity index (χ1n) is 6.33. The molecule has 0 aliphatic carbocycles. The van der Waals surface area contributed by atoms with Crippen molar-refractivity contribution in [3.63, 3.8) is 0 Å². The normalized spacial score (nSPS) is 19.2. The number of nitrogens with zero attached hydrogens (tertiary/aromatic N) is 1. The number of nitrogens with one attached hydrogen (secondary N) is 1. The molecule has 0 radical (unpaired) electrons. The van der Waals surface area contributed by atoms with Crippen LogP contribution in [0.5, 0.6) is 0 Å². The predicted octanol–water partition coefficient (Wildman–Crippen LogP) is 0.550. The van der Waals surface area contributed by atoms with Gasteiger partial charge < -0.3 is 10.1 Å². The fourth-order valence-corrected chi connectivity index (χ4v) is 2.11. The number of benzene rings is 1. The first-order chi connectivity index (χ1) is 9.22. The average Bonchev–Trinajstić information content (AvgIpc) is 2.68. The van der Waals surface area contributed by atoms with Crippen LogP contribution in [0.2, 0.25) is 0 Å². The molecule has 1 aromatic rings. The molecule has 1 aliphatic rings. The monoisotopic (exact) mass is 262 g/mol. The third-order valence-corrected chi connectivity index (χ3v) is 3.12. The van der Waals surface area contributed by atoms with Crippen molar-refractivity contribution in [1.82, 2.24) is 10.2 Å². The Morgan fingerprint density at radius 3 is 2.74 bits per heavy atom. The summed E-state index contributed by atoms with van der Waals surface area (Å²) in [5.41, 5.74) is 0.960. The highest BCUT2D eigenvalue weighted by Crippen LogP contribution is 2.16. The van der Waals surface area contributed by atoms with Crippen LogP contribution < -0.4 is 5.32 Å². The molecule has 1 atom stereocenters. The Bertz CT molecular complexity index is 447. The molecule has 1 heterocycles. The van der Waals surface area contributed by atoms with E-state index in [1.807, 2.05) is 30.3 Å². The predicted molar refractivity (Wildman–Crippen MR) is 70.3 cm³/mol. The minimum Gasteiger partial charge on any atom is -0.383 e. The van der Waals surface area contributed by atoms with Gasteiger partial charge in [0.2, 0.25) is 11.8 Å². The van der Waals surface area contributed by atoms with Crippen LogP contribution >= 0.6 is 0 Å². The van der Waals surface area contributed by atoms with Gasteiger partial charge in [-0.25, -0.2) is 0 Å². The molecule has 1 aromatic carbocycles. The van der Waals surface area contributed by atoms with Crippen molar-refractivity contribution >= 4 is 11.8 Å². The Balaban J connectivity index is 1.95. The topological polar surface area (TPSA) is 58.6 Å². The van der Waals surface area contributed by atoms with Gasteiger partial charge >= 0.3 is 0 Å². The highest BCUT2D eigenvalue weighted by atomic mass is 16.5. The standard InChI is InChI=1S/C14H18N2O3/c1-19-8-7-15-12-9-13(17)16(14(12)18)10-11-5-3-2-4-6-11/h2-6,12,15H,7-10H2,1H3/t12-/m0/s1. The van der Waals surface area contributed by atoms with Gasteiger partial charge in [0.05, 0.1) is 25.6 Å². The number of imide groups is 1. The van der Waals surface area contributed by atoms with E-state index >= 15 is 0 Å². The van der Waals surface area contributed by atoms with E-state index < -0.39 is 6.04 Å². The largest absolute Gasteiger partial charge is 0.383 e. The zero-order valence-electron chi connectivity index (χ0n) is 11.0. The first kappa shape index (κ1) is 13.7. The van der Waals surface area contributed by atoms with Crippen LogP contribution in [0, 0.1) is 0 Å². The first-order valence-corrected chi connectivity index (χ1v) is 6.33. The highest BCUT2D eigenvalue weighted by molar-refractivity contribution is 6.05. The molecule has 0 unspecified atom stereocenters. The Kier molecular flexibility index (Phi) is 4.65. The van der Waals surface area contributed by atoms with Crippen molar-refractivity contribution in [3.8, 4) is 0 Å². The molecule has 102 valence electrons. The second kappa shape index (κ2) is 6.45. The maximum absolute atomic E-state index is 12.1. The number of amides is 2. The summed E-state index contributed by atoms with van der Waals surface area (Å²) in [6.07, 6.45) is 0.232. The molecular weight excluding hydrogens is 244 g/mol. The fourth-order valence-electron chi connectivity index (χ4n) is 2.11. The summed E-state index contributed by atoms with van der Waals surface area (Å²) in [5.74, 6) is -0.270. The van der Waals surface area contributed by atoms with Crippen LogP contribution in [0.1, 0.15) is 12.0 Å². The number of methoxy groups -OCH3 is 1. The molecule has 0 bridgehead atoms. The lowest BCUT2D eigenvalue weighted by Crippen LogP contribution is -2.39. The van der Waals surface area contributed by atoms with Gasteiger partial charge in [-0.15, -0.1) is 0 Å². The van der Waals surface area contributed by atoms with Gasteiger partial charge in [-0.2, -0.15) is 0 Å². The minimum atomic E-state index is -0.411. The average molecular weight is 262 g/mol. The molecule has 2 rings (SSSR count). The van der Waals surface area contributed by atoms with Gasteiger partial charge in [0, 0.05) is 13.7 Å². The SMILES string of the molecule is COCCN[C@H]1CC(=O)N(Cc2ccccc2)C1=O. The molecule has 0 spiro atoms. The molecular formula is C14H18N2O3. The minimum absolute atomic E-state index is 0.122. The number of ether oxygens (including phenoxy) is 1. The molecule has 1 N–H and O–H groups in total. The van der Waals surface area contributed by atoms with Crippen LogP contribution in [0.3, 0.4) is 0 Å². The van der Waals surface area contributed by atoms with Gasteiger partial charge in [0.1, 0.15) is 0 Å². The van der Waals surface area contributed by atoms with E-state index in [0.29, 0.717) is 19.7 Å². The van der Waals surface area contributed by atoms with Crippen molar-refractivity contribution in [2.45, 2.75) is 19.0 Å². The molecule has 19 heavy (non-hydrogen) atoms. The van der Waals surface area contributed by atoms with E-state index in [1.165, 1.54) is 4.90 Å². The number of likely N-dealkylation sites (tertiary alicyclic amines) is 1. The Morgan fingerprint density at radius 1 is 1.32 bits per heavy atom. The van der Waals surface area contributed by atoms with Crippen molar-refractivity contribution in [3.05, 3.63) is 35.9 Å². The van der Waals surface area contributed by atoms with Crippen LogP contribution in [-0.2, 0) is 20.9 Å². The summed E-state index contributed by atoms with van der Waals surface area (Å²) < 4.78 is 4.91. The third-order valence-electron chi connectivity index (χ3n) is 3.12. The van der Waals surface area contributed by atoms with Crippen molar-refractivity contribution in [2.24, 2.45) is 0 Å². The summed E-state index contributed by atoms with van der Waals surface area (Å²) in [6, 6.07) is 9.11. The number of carbonyl (C=O) groups excluding carboxylic acids is 2. The summed E-state index contributed by atoms with van der Waals surface area (Å²) in [4.78, 5) is 25.3. The highest BCUT2D eigenvalue weighted by Gasteiger charge is 2.37. The number of carbonyl (C=O) groups is 2. The lowest BCUT2D eigenvalue weighted by atomic mass is 10.2. The third kappa shape index (κ3) is 3.39. The van der Waals surface area contributed by atoms with Crippen LogP contribution in [0.15, 0.2) is 30.3 Å². The smallest absolute Gasteiger partial charge is 0.247 e. The van der Waals surface area contributed by atoms with Gasteiger partial charge in [-0.3, -0.25) is 14.5 Å². The van der Waals surface area contributed by atoms with E-state index in [0.717, 1.165) is 5.56 Å². The Labute approximate surface area is 112 Å². The van der Waals surface area contributed by atoms with Crippen molar-refractivity contribution in [2.75, 3.05) is 20.3 Å². The van der Waals surface area contributed by atoms with E-state index in [9.17, 15) is 9.59 Å². The quantitative estimate of drug-likeness (QED) is 0.601. The lowest BCUT2D eigenvalue weighted by molar-refractivity contribution is -0.139. The molecule has 1 aliphatic heterocycles.